The standard InChI is InChI=1S/C23H22F3N3O5/c1-11-18(20(31)29-22(2,10-30)21(27)32)15-9-12(3-5-17(15)33-11)34-16-6-4-14-13(16)7-8-28-19(14)23(24,25)26/h3,5,7-9,16,30H,4,6,10H2,1-2H3,(H2,27,32)(H,29,31)/t16-,22+/m0/s1. The quantitative estimate of drug-likeness (QED) is 0.500. The molecule has 0 spiro atoms. The molecule has 8 nitrogen and oxygen atoms in total. The van der Waals surface area contributed by atoms with Crippen molar-refractivity contribution in [1.29, 1.82) is 0 Å². The van der Waals surface area contributed by atoms with E-state index in [1.54, 1.807) is 25.1 Å². The van der Waals surface area contributed by atoms with Crippen LogP contribution in [-0.4, -0.2) is 34.1 Å². The Bertz CT molecular complexity index is 1290. The van der Waals surface area contributed by atoms with Gasteiger partial charge in [-0.15, -0.1) is 0 Å². The Morgan fingerprint density at radius 3 is 2.71 bits per heavy atom. The second-order valence-corrected chi connectivity index (χ2v) is 8.37. The number of aryl methyl sites for hydroxylation is 1. The van der Waals surface area contributed by atoms with Crippen LogP contribution >= 0.6 is 0 Å². The summed E-state index contributed by atoms with van der Waals surface area (Å²) in [5.41, 5.74) is 3.74. The van der Waals surface area contributed by atoms with Gasteiger partial charge in [0, 0.05) is 11.6 Å². The number of primary amides is 1. The lowest BCUT2D eigenvalue weighted by Gasteiger charge is -2.24. The highest BCUT2D eigenvalue weighted by molar-refractivity contribution is 6.09. The van der Waals surface area contributed by atoms with Crippen LogP contribution in [-0.2, 0) is 17.4 Å². The number of nitrogens with one attached hydrogen (secondary N) is 1. The molecule has 2 amide bonds. The van der Waals surface area contributed by atoms with Crippen molar-refractivity contribution in [3.63, 3.8) is 0 Å². The van der Waals surface area contributed by atoms with E-state index < -0.39 is 41.9 Å². The lowest BCUT2D eigenvalue weighted by atomic mass is 10.0. The first-order valence-corrected chi connectivity index (χ1v) is 10.4. The van der Waals surface area contributed by atoms with Crippen LogP contribution in [0.1, 0.15) is 52.4 Å². The molecule has 0 aliphatic heterocycles. The lowest BCUT2D eigenvalue weighted by Crippen LogP contribution is -2.57. The van der Waals surface area contributed by atoms with Crippen LogP contribution in [0.4, 0.5) is 13.2 Å². The smallest absolute Gasteiger partial charge is 0.433 e. The summed E-state index contributed by atoms with van der Waals surface area (Å²) in [5, 5.41) is 12.3. The number of rotatable bonds is 6. The number of benzene rings is 1. The molecule has 2 aromatic heterocycles. The summed E-state index contributed by atoms with van der Waals surface area (Å²) >= 11 is 0. The van der Waals surface area contributed by atoms with Gasteiger partial charge in [0.1, 0.15) is 34.4 Å². The minimum Gasteiger partial charge on any atom is -0.486 e. The van der Waals surface area contributed by atoms with Crippen LogP contribution in [0.5, 0.6) is 5.75 Å². The second kappa shape index (κ2) is 8.32. The maximum atomic E-state index is 13.3. The largest absolute Gasteiger partial charge is 0.486 e. The molecule has 0 fully saturated rings. The highest BCUT2D eigenvalue weighted by atomic mass is 19.4. The Hall–Kier alpha value is -3.60. The molecule has 0 saturated heterocycles. The molecule has 180 valence electrons. The highest BCUT2D eigenvalue weighted by Gasteiger charge is 2.39. The van der Waals surface area contributed by atoms with Gasteiger partial charge in [0.2, 0.25) is 5.91 Å². The van der Waals surface area contributed by atoms with Crippen molar-refractivity contribution in [2.24, 2.45) is 5.73 Å². The Labute approximate surface area is 191 Å². The number of aliphatic hydroxyl groups excluding tert-OH is 1. The van der Waals surface area contributed by atoms with Gasteiger partial charge in [-0.2, -0.15) is 13.2 Å². The molecule has 0 bridgehead atoms. The van der Waals surface area contributed by atoms with Gasteiger partial charge in [0.25, 0.3) is 5.91 Å². The van der Waals surface area contributed by atoms with E-state index in [-0.39, 0.29) is 23.3 Å². The van der Waals surface area contributed by atoms with Crippen LogP contribution in [0.25, 0.3) is 11.0 Å². The van der Waals surface area contributed by atoms with Gasteiger partial charge < -0.3 is 25.3 Å². The average molecular weight is 477 g/mol. The fraction of sp³-hybridized carbons (Fsp3) is 0.348. The molecule has 1 aliphatic carbocycles. The van der Waals surface area contributed by atoms with Gasteiger partial charge >= 0.3 is 6.18 Å². The van der Waals surface area contributed by atoms with Gasteiger partial charge in [-0.05, 0) is 62.1 Å². The number of carbonyl (C=O) groups is 2. The molecule has 4 N–H and O–H groups in total. The molecule has 0 saturated carbocycles. The third-order valence-electron chi connectivity index (χ3n) is 5.95. The average Bonchev–Trinajstić information content (AvgIpc) is 3.32. The van der Waals surface area contributed by atoms with Gasteiger partial charge in [-0.3, -0.25) is 14.6 Å². The number of fused-ring (bicyclic) bond motifs is 2. The van der Waals surface area contributed by atoms with Crippen molar-refractivity contribution in [2.75, 3.05) is 6.61 Å². The highest BCUT2D eigenvalue weighted by Crippen LogP contribution is 2.41. The van der Waals surface area contributed by atoms with Crippen molar-refractivity contribution in [1.82, 2.24) is 10.3 Å². The number of nitrogens with zero attached hydrogens (tertiary/aromatic N) is 1. The number of halogens is 3. The van der Waals surface area contributed by atoms with E-state index in [1.807, 2.05) is 0 Å². The van der Waals surface area contributed by atoms with E-state index in [0.29, 0.717) is 28.7 Å². The number of carbonyl (C=O) groups excluding carboxylic acids is 2. The number of furan rings is 1. The minimum absolute atomic E-state index is 0.120. The fourth-order valence-corrected chi connectivity index (χ4v) is 4.08. The van der Waals surface area contributed by atoms with E-state index in [1.165, 1.54) is 13.0 Å². The number of aromatic nitrogens is 1. The number of hydrogen-bond acceptors (Lipinski definition) is 6. The molecular formula is C23H22F3N3O5. The van der Waals surface area contributed by atoms with E-state index in [0.717, 1.165) is 6.20 Å². The van der Waals surface area contributed by atoms with Crippen LogP contribution in [0.15, 0.2) is 34.9 Å². The Kier molecular flexibility index (Phi) is 5.76. The molecule has 0 radical (unpaired) electrons. The van der Waals surface area contributed by atoms with Crippen molar-refractivity contribution in [3.05, 3.63) is 58.6 Å². The maximum Gasteiger partial charge on any atom is 0.433 e. The summed E-state index contributed by atoms with van der Waals surface area (Å²) in [5.74, 6) is -1.01. The number of hydrogen-bond donors (Lipinski definition) is 3. The maximum absolute atomic E-state index is 13.3. The molecule has 2 heterocycles. The second-order valence-electron chi connectivity index (χ2n) is 8.37. The van der Waals surface area contributed by atoms with Crippen LogP contribution in [0.3, 0.4) is 0 Å². The summed E-state index contributed by atoms with van der Waals surface area (Å²) < 4.78 is 51.5. The first-order chi connectivity index (χ1) is 15.9. The third-order valence-corrected chi connectivity index (χ3v) is 5.95. The predicted molar refractivity (Wildman–Crippen MR) is 114 cm³/mol. The molecule has 4 rings (SSSR count). The number of alkyl halides is 3. The number of pyridine rings is 1. The van der Waals surface area contributed by atoms with Gasteiger partial charge in [-0.25, -0.2) is 0 Å². The number of amides is 2. The normalized spacial score (nSPS) is 17.3. The van der Waals surface area contributed by atoms with Crippen molar-refractivity contribution < 1.29 is 37.0 Å². The molecule has 11 heteroatoms. The molecular weight excluding hydrogens is 455 g/mol. The monoisotopic (exact) mass is 477 g/mol. The van der Waals surface area contributed by atoms with E-state index in [2.05, 4.69) is 10.3 Å². The van der Waals surface area contributed by atoms with Gasteiger partial charge in [0.15, 0.2) is 0 Å². The number of ether oxygens (including phenoxy) is 1. The van der Waals surface area contributed by atoms with E-state index >= 15 is 0 Å². The van der Waals surface area contributed by atoms with Crippen molar-refractivity contribution in [3.8, 4) is 5.75 Å². The lowest BCUT2D eigenvalue weighted by molar-refractivity contribution is -0.141. The topological polar surface area (TPSA) is 128 Å². The summed E-state index contributed by atoms with van der Waals surface area (Å²) in [6, 6.07) is 6.24. The Morgan fingerprint density at radius 2 is 2.06 bits per heavy atom. The summed E-state index contributed by atoms with van der Waals surface area (Å²) in [6.45, 7) is 2.16. The zero-order valence-corrected chi connectivity index (χ0v) is 18.3. The first kappa shape index (κ1) is 23.6. The molecule has 1 aliphatic rings. The predicted octanol–water partition coefficient (Wildman–Crippen LogP) is 3.19. The number of aliphatic hydroxyl groups is 1. The minimum atomic E-state index is -4.55. The Balaban J connectivity index is 1.65. The van der Waals surface area contributed by atoms with Crippen LogP contribution in [0, 0.1) is 6.92 Å². The zero-order chi connectivity index (χ0) is 24.8. The third kappa shape index (κ3) is 4.07. The summed E-state index contributed by atoms with van der Waals surface area (Å²) in [4.78, 5) is 28.1. The van der Waals surface area contributed by atoms with Crippen molar-refractivity contribution >= 4 is 22.8 Å². The molecule has 34 heavy (non-hydrogen) atoms. The van der Waals surface area contributed by atoms with Gasteiger partial charge in [-0.1, -0.05) is 0 Å². The van der Waals surface area contributed by atoms with Gasteiger partial charge in [0.05, 0.1) is 12.2 Å². The van der Waals surface area contributed by atoms with Crippen molar-refractivity contribution in [2.45, 2.75) is 44.5 Å². The Morgan fingerprint density at radius 1 is 1.32 bits per heavy atom. The van der Waals surface area contributed by atoms with E-state index in [4.69, 9.17) is 14.9 Å². The SMILES string of the molecule is Cc1oc2ccc(O[C@H]3CCc4c3ccnc4C(F)(F)F)cc2c1C(=O)N[C@](C)(CO)C(N)=O. The van der Waals surface area contributed by atoms with Crippen LogP contribution < -0.4 is 15.8 Å². The molecule has 2 atom stereocenters. The van der Waals surface area contributed by atoms with Crippen LogP contribution in [0.2, 0.25) is 0 Å². The molecule has 3 aromatic rings. The van der Waals surface area contributed by atoms with E-state index in [9.17, 15) is 27.9 Å². The fourth-order valence-electron chi connectivity index (χ4n) is 4.08. The molecule has 0 unspecified atom stereocenters. The summed E-state index contributed by atoms with van der Waals surface area (Å²) in [6.07, 6.45) is -3.53. The first-order valence-electron chi connectivity index (χ1n) is 10.4. The number of nitrogens with two attached hydrogens (primary N) is 1. The summed E-state index contributed by atoms with van der Waals surface area (Å²) in [7, 11) is 0. The zero-order valence-electron chi connectivity index (χ0n) is 18.3. The molecule has 1 aromatic carbocycles.